The smallest absolute Gasteiger partial charge is 0.293 e. The summed E-state index contributed by atoms with van der Waals surface area (Å²) in [7, 11) is 0. The Morgan fingerprint density at radius 3 is 2.45 bits per heavy atom. The molecule has 0 radical (unpaired) electrons. The summed E-state index contributed by atoms with van der Waals surface area (Å²) in [5.74, 6) is 4.20. The van der Waals surface area contributed by atoms with Gasteiger partial charge >= 0.3 is 0 Å². The molecule has 0 bridgehead atoms. The molecule has 0 spiro atoms. The van der Waals surface area contributed by atoms with Crippen molar-refractivity contribution < 1.29 is 9.59 Å². The molecule has 3 N–H and O–H groups in total. The molecule has 0 heterocycles. The largest absolute Gasteiger partial charge is 0.359 e. The number of primary amides is 1. The fourth-order valence-corrected chi connectivity index (χ4v) is 1.45. The Bertz CT molecular complexity index is 408. The van der Waals surface area contributed by atoms with Crippen LogP contribution in [0.4, 0.5) is 0 Å². The van der Waals surface area contributed by atoms with Crippen LogP contribution in [-0.2, 0) is 9.59 Å². The van der Waals surface area contributed by atoms with Crippen LogP contribution in [-0.4, -0.2) is 17.9 Å². The second kappa shape index (κ2) is 9.19. The van der Waals surface area contributed by atoms with E-state index in [-0.39, 0.29) is 11.3 Å². The van der Waals surface area contributed by atoms with E-state index in [0.717, 1.165) is 19.3 Å². The van der Waals surface area contributed by atoms with Crippen LogP contribution in [0, 0.1) is 17.3 Å². The molecule has 4 nitrogen and oxygen atoms in total. The molecule has 0 aromatic heterocycles. The summed E-state index contributed by atoms with van der Waals surface area (Å²) in [6.45, 7) is 8.23. The van der Waals surface area contributed by atoms with Crippen LogP contribution in [0.2, 0.25) is 0 Å². The monoisotopic (exact) mass is 278 g/mol. The Morgan fingerprint density at radius 2 is 1.95 bits per heavy atom. The lowest BCUT2D eigenvalue weighted by molar-refractivity contribution is -0.121. The Hall–Kier alpha value is -1.76. The Balaban J connectivity index is 4.63. The number of allylic oxidation sites excluding steroid dienone is 1. The van der Waals surface area contributed by atoms with Crippen molar-refractivity contribution in [2.24, 2.45) is 11.1 Å². The molecule has 1 atom stereocenters. The summed E-state index contributed by atoms with van der Waals surface area (Å²) < 4.78 is 0. The maximum absolute atomic E-state index is 11.8. The van der Waals surface area contributed by atoms with Gasteiger partial charge in [0.2, 0.25) is 5.91 Å². The van der Waals surface area contributed by atoms with E-state index in [1.807, 2.05) is 26.8 Å². The SMILES string of the molecule is CCCCCC(=O)NC(C#CC(N)=O)/C=C/C(C)(C)C. The van der Waals surface area contributed by atoms with E-state index in [4.69, 9.17) is 5.73 Å². The number of hydrogen-bond acceptors (Lipinski definition) is 2. The molecule has 4 heteroatoms. The molecule has 0 aromatic carbocycles. The molecule has 0 saturated carbocycles. The van der Waals surface area contributed by atoms with Crippen molar-refractivity contribution >= 4 is 11.8 Å². The van der Waals surface area contributed by atoms with Crippen LogP contribution in [0.25, 0.3) is 0 Å². The zero-order chi connectivity index (χ0) is 15.6. The Morgan fingerprint density at radius 1 is 1.30 bits per heavy atom. The van der Waals surface area contributed by atoms with Crippen molar-refractivity contribution in [3.63, 3.8) is 0 Å². The van der Waals surface area contributed by atoms with Crippen LogP contribution in [0.15, 0.2) is 12.2 Å². The number of nitrogens with two attached hydrogens (primary N) is 1. The third-order valence-electron chi connectivity index (χ3n) is 2.46. The first kappa shape index (κ1) is 18.2. The first-order chi connectivity index (χ1) is 9.24. The molecule has 112 valence electrons. The molecule has 2 amide bonds. The van der Waals surface area contributed by atoms with Crippen molar-refractivity contribution in [3.05, 3.63) is 12.2 Å². The lowest BCUT2D eigenvalue weighted by Gasteiger charge is -2.14. The highest BCUT2D eigenvalue weighted by molar-refractivity contribution is 5.92. The third kappa shape index (κ3) is 11.3. The maximum atomic E-state index is 11.8. The van der Waals surface area contributed by atoms with Gasteiger partial charge in [0.05, 0.1) is 0 Å². The Labute approximate surface area is 122 Å². The summed E-state index contributed by atoms with van der Waals surface area (Å²) in [5, 5.41) is 2.80. The molecule has 0 aliphatic carbocycles. The van der Waals surface area contributed by atoms with Crippen LogP contribution >= 0.6 is 0 Å². The minimum atomic E-state index is -0.695. The van der Waals surface area contributed by atoms with E-state index in [2.05, 4.69) is 24.1 Å². The molecular formula is C16H26N2O2. The van der Waals surface area contributed by atoms with Crippen molar-refractivity contribution in [1.29, 1.82) is 0 Å². The summed E-state index contributed by atoms with van der Waals surface area (Å²) in [6.07, 6.45) is 7.20. The average molecular weight is 278 g/mol. The van der Waals surface area contributed by atoms with Gasteiger partial charge in [-0.05, 0) is 17.8 Å². The van der Waals surface area contributed by atoms with Gasteiger partial charge in [-0.1, -0.05) is 58.6 Å². The van der Waals surface area contributed by atoms with Gasteiger partial charge in [-0.25, -0.2) is 0 Å². The zero-order valence-electron chi connectivity index (χ0n) is 13.0. The first-order valence-electron chi connectivity index (χ1n) is 7.04. The van der Waals surface area contributed by atoms with Crippen LogP contribution in [0.5, 0.6) is 0 Å². The molecule has 0 fully saturated rings. The van der Waals surface area contributed by atoms with Gasteiger partial charge in [-0.15, -0.1) is 0 Å². The van der Waals surface area contributed by atoms with Gasteiger partial charge in [-0.2, -0.15) is 0 Å². The molecular weight excluding hydrogens is 252 g/mol. The normalized spacial score (nSPS) is 12.6. The maximum Gasteiger partial charge on any atom is 0.293 e. The molecule has 20 heavy (non-hydrogen) atoms. The van der Waals surface area contributed by atoms with Gasteiger partial charge in [0, 0.05) is 6.42 Å². The summed E-state index contributed by atoms with van der Waals surface area (Å²) in [4.78, 5) is 22.5. The van der Waals surface area contributed by atoms with Crippen molar-refractivity contribution in [3.8, 4) is 11.8 Å². The fourth-order valence-electron chi connectivity index (χ4n) is 1.45. The predicted octanol–water partition coefficient (Wildman–Crippen LogP) is 2.14. The second-order valence-corrected chi connectivity index (χ2v) is 5.86. The fraction of sp³-hybridized carbons (Fsp3) is 0.625. The average Bonchev–Trinajstić information content (AvgIpc) is 2.31. The highest BCUT2D eigenvalue weighted by Gasteiger charge is 2.09. The first-order valence-corrected chi connectivity index (χ1v) is 7.04. The van der Waals surface area contributed by atoms with Crippen LogP contribution in [0.3, 0.4) is 0 Å². The highest BCUT2D eigenvalue weighted by Crippen LogP contribution is 2.14. The van der Waals surface area contributed by atoms with Crippen molar-refractivity contribution in [2.45, 2.75) is 59.4 Å². The standard InChI is InChI=1S/C16H26N2O2/c1-5-6-7-8-15(20)18-13(9-10-14(17)19)11-12-16(2,3)4/h11-13H,5-8H2,1-4H3,(H2,17,19)(H,18,20)/b12-11+. The summed E-state index contributed by atoms with van der Waals surface area (Å²) in [5.41, 5.74) is 4.99. The lowest BCUT2D eigenvalue weighted by Crippen LogP contribution is -2.32. The second-order valence-electron chi connectivity index (χ2n) is 5.86. The molecule has 0 aliphatic heterocycles. The van der Waals surface area contributed by atoms with Crippen molar-refractivity contribution in [1.82, 2.24) is 5.32 Å². The van der Waals surface area contributed by atoms with E-state index in [0.29, 0.717) is 6.42 Å². The van der Waals surface area contributed by atoms with Crippen molar-refractivity contribution in [2.75, 3.05) is 0 Å². The van der Waals surface area contributed by atoms with Gasteiger partial charge in [0.15, 0.2) is 0 Å². The van der Waals surface area contributed by atoms with E-state index < -0.39 is 11.9 Å². The predicted molar refractivity (Wildman–Crippen MR) is 81.6 cm³/mol. The van der Waals surface area contributed by atoms with Gasteiger partial charge in [0.25, 0.3) is 5.91 Å². The topological polar surface area (TPSA) is 72.2 Å². The van der Waals surface area contributed by atoms with E-state index in [9.17, 15) is 9.59 Å². The van der Waals surface area contributed by atoms with Gasteiger partial charge in [0.1, 0.15) is 6.04 Å². The number of rotatable bonds is 6. The Kier molecular flexibility index (Phi) is 8.38. The van der Waals surface area contributed by atoms with Gasteiger partial charge in [-0.3, -0.25) is 9.59 Å². The van der Waals surface area contributed by atoms with E-state index in [1.165, 1.54) is 0 Å². The molecule has 0 aliphatic rings. The third-order valence-corrected chi connectivity index (χ3v) is 2.46. The minimum absolute atomic E-state index is 0.0143. The number of amides is 2. The lowest BCUT2D eigenvalue weighted by atomic mass is 9.95. The zero-order valence-corrected chi connectivity index (χ0v) is 13.0. The number of nitrogens with one attached hydrogen (secondary N) is 1. The van der Waals surface area contributed by atoms with Crippen LogP contribution < -0.4 is 11.1 Å². The van der Waals surface area contributed by atoms with E-state index >= 15 is 0 Å². The van der Waals surface area contributed by atoms with Gasteiger partial charge < -0.3 is 11.1 Å². The summed E-state index contributed by atoms with van der Waals surface area (Å²) >= 11 is 0. The van der Waals surface area contributed by atoms with Crippen LogP contribution in [0.1, 0.15) is 53.4 Å². The number of hydrogen-bond donors (Lipinski definition) is 2. The molecule has 1 unspecified atom stereocenters. The highest BCUT2D eigenvalue weighted by atomic mass is 16.2. The van der Waals surface area contributed by atoms with E-state index in [1.54, 1.807) is 6.08 Å². The minimum Gasteiger partial charge on any atom is -0.359 e. The molecule has 0 rings (SSSR count). The quantitative estimate of drug-likeness (QED) is 0.444. The summed E-state index contributed by atoms with van der Waals surface area (Å²) in [6, 6.07) is -0.476. The number of carbonyl (C=O) groups is 2. The molecule has 0 saturated heterocycles. The number of carbonyl (C=O) groups excluding carboxylic acids is 2. The molecule has 0 aromatic rings. The number of unbranched alkanes of at least 4 members (excludes halogenated alkanes) is 2.